The molecule has 2 aliphatic rings. The number of hydrogen-bond acceptors (Lipinski definition) is 4. The molecule has 1 aromatic carbocycles. The third-order valence-electron chi connectivity index (χ3n) is 4.63. The number of aromatic nitrogens is 1. The van der Waals surface area contributed by atoms with Crippen LogP contribution in [0.3, 0.4) is 0 Å². The van der Waals surface area contributed by atoms with Crippen molar-refractivity contribution >= 4 is 23.2 Å². The lowest BCUT2D eigenvalue weighted by molar-refractivity contribution is 0.0238. The van der Waals surface area contributed by atoms with Crippen LogP contribution in [-0.4, -0.2) is 36.8 Å². The molecule has 1 fully saturated rings. The minimum Gasteiger partial charge on any atom is -0.473 e. The number of pyridine rings is 1. The predicted molar refractivity (Wildman–Crippen MR) is 95.5 cm³/mol. The highest BCUT2D eigenvalue weighted by Gasteiger charge is 2.26. The molecule has 2 aliphatic heterocycles. The van der Waals surface area contributed by atoms with E-state index < -0.39 is 0 Å². The number of anilines is 1. The molecule has 4 rings (SSSR count). The number of carbonyl (C=O) groups excluding carboxylic acids is 1. The van der Waals surface area contributed by atoms with Gasteiger partial charge in [0.25, 0.3) is 5.91 Å². The Kier molecular flexibility index (Phi) is 4.59. The van der Waals surface area contributed by atoms with Gasteiger partial charge in [0.15, 0.2) is 0 Å². The number of carbonyl (C=O) groups is 1. The zero-order valence-corrected chi connectivity index (χ0v) is 14.5. The molecular weight excluding hydrogens is 340 g/mol. The Morgan fingerprint density at radius 2 is 2.08 bits per heavy atom. The SMILES string of the molecule is O=C(c1cnc(OC2CCOCC2)c(Cl)c1)N1CCc2ccccc21. The molecular formula is C19H19ClN2O3. The van der Waals surface area contributed by atoms with Crippen molar-refractivity contribution in [3.05, 3.63) is 52.7 Å². The molecule has 0 bridgehead atoms. The fraction of sp³-hybridized carbons (Fsp3) is 0.368. The second kappa shape index (κ2) is 7.02. The molecule has 0 saturated carbocycles. The summed E-state index contributed by atoms with van der Waals surface area (Å²) in [5.41, 5.74) is 2.63. The summed E-state index contributed by atoms with van der Waals surface area (Å²) >= 11 is 6.31. The molecule has 0 unspecified atom stereocenters. The van der Waals surface area contributed by atoms with Gasteiger partial charge in [-0.3, -0.25) is 4.79 Å². The highest BCUT2D eigenvalue weighted by Crippen LogP contribution is 2.30. The molecule has 0 atom stereocenters. The monoisotopic (exact) mass is 358 g/mol. The van der Waals surface area contributed by atoms with E-state index in [1.54, 1.807) is 17.2 Å². The number of fused-ring (bicyclic) bond motifs is 1. The van der Waals surface area contributed by atoms with Gasteiger partial charge in [-0.1, -0.05) is 29.8 Å². The molecule has 0 aliphatic carbocycles. The van der Waals surface area contributed by atoms with Crippen LogP contribution in [0.2, 0.25) is 5.02 Å². The van der Waals surface area contributed by atoms with Crippen LogP contribution in [0.4, 0.5) is 5.69 Å². The number of benzene rings is 1. The molecule has 6 heteroatoms. The molecule has 25 heavy (non-hydrogen) atoms. The average Bonchev–Trinajstić information content (AvgIpc) is 3.08. The second-order valence-corrected chi connectivity index (χ2v) is 6.68. The van der Waals surface area contributed by atoms with Gasteiger partial charge in [0.05, 0.1) is 18.8 Å². The lowest BCUT2D eigenvalue weighted by atomic mass is 10.1. The van der Waals surface area contributed by atoms with Gasteiger partial charge in [-0.2, -0.15) is 0 Å². The van der Waals surface area contributed by atoms with Gasteiger partial charge in [0, 0.05) is 31.3 Å². The number of halogens is 1. The summed E-state index contributed by atoms with van der Waals surface area (Å²) < 4.78 is 11.2. The first-order chi connectivity index (χ1) is 12.2. The van der Waals surface area contributed by atoms with E-state index in [-0.39, 0.29) is 12.0 Å². The van der Waals surface area contributed by atoms with Crippen LogP contribution >= 0.6 is 11.6 Å². The average molecular weight is 359 g/mol. The normalized spacial score (nSPS) is 17.4. The Hall–Kier alpha value is -2.11. The molecule has 0 spiro atoms. The number of rotatable bonds is 3. The maximum atomic E-state index is 12.8. The van der Waals surface area contributed by atoms with E-state index >= 15 is 0 Å². The maximum Gasteiger partial charge on any atom is 0.259 e. The quantitative estimate of drug-likeness (QED) is 0.842. The van der Waals surface area contributed by atoms with Gasteiger partial charge in [0.2, 0.25) is 5.88 Å². The molecule has 1 amide bonds. The fourth-order valence-corrected chi connectivity index (χ4v) is 3.50. The summed E-state index contributed by atoms with van der Waals surface area (Å²) in [5.74, 6) is 0.295. The second-order valence-electron chi connectivity index (χ2n) is 6.28. The Morgan fingerprint density at radius 1 is 1.28 bits per heavy atom. The van der Waals surface area contributed by atoms with Gasteiger partial charge >= 0.3 is 0 Å². The standard InChI is InChI=1S/C19H19ClN2O3/c20-16-11-14(12-21-18(16)25-15-6-9-24-10-7-15)19(23)22-8-5-13-3-1-2-4-17(13)22/h1-4,11-12,15H,5-10H2. The lowest BCUT2D eigenvalue weighted by Crippen LogP contribution is -2.29. The van der Waals surface area contributed by atoms with E-state index in [4.69, 9.17) is 21.1 Å². The molecule has 5 nitrogen and oxygen atoms in total. The van der Waals surface area contributed by atoms with E-state index in [0.717, 1.165) is 24.9 Å². The Bertz CT molecular complexity index is 790. The first kappa shape index (κ1) is 16.4. The summed E-state index contributed by atoms with van der Waals surface area (Å²) in [4.78, 5) is 18.9. The number of nitrogens with zero attached hydrogens (tertiary/aromatic N) is 2. The Labute approximate surface area is 151 Å². The summed E-state index contributed by atoms with van der Waals surface area (Å²) in [6, 6.07) is 9.61. The predicted octanol–water partition coefficient (Wildman–Crippen LogP) is 3.50. The minimum absolute atomic E-state index is 0.0609. The summed E-state index contributed by atoms with van der Waals surface area (Å²) in [7, 11) is 0. The van der Waals surface area contributed by atoms with E-state index in [2.05, 4.69) is 11.1 Å². The van der Waals surface area contributed by atoms with E-state index in [0.29, 0.717) is 36.2 Å². The molecule has 3 heterocycles. The molecule has 1 aromatic heterocycles. The smallest absolute Gasteiger partial charge is 0.259 e. The van der Waals surface area contributed by atoms with Gasteiger partial charge in [0.1, 0.15) is 11.1 Å². The fourth-order valence-electron chi connectivity index (χ4n) is 3.29. The Balaban J connectivity index is 1.51. The van der Waals surface area contributed by atoms with Crippen LogP contribution < -0.4 is 9.64 Å². The third kappa shape index (κ3) is 3.34. The first-order valence-corrected chi connectivity index (χ1v) is 8.90. The topological polar surface area (TPSA) is 51.7 Å². The van der Waals surface area contributed by atoms with Crippen LogP contribution in [-0.2, 0) is 11.2 Å². The van der Waals surface area contributed by atoms with Crippen LogP contribution in [0.5, 0.6) is 5.88 Å². The van der Waals surface area contributed by atoms with Crippen LogP contribution in [0, 0.1) is 0 Å². The maximum absolute atomic E-state index is 12.8. The molecule has 2 aromatic rings. The van der Waals surface area contributed by atoms with E-state index in [1.807, 2.05) is 18.2 Å². The molecule has 130 valence electrons. The van der Waals surface area contributed by atoms with Crippen LogP contribution in [0.1, 0.15) is 28.8 Å². The molecule has 0 radical (unpaired) electrons. The molecule has 0 N–H and O–H groups in total. The Morgan fingerprint density at radius 3 is 2.88 bits per heavy atom. The van der Waals surface area contributed by atoms with Crippen molar-refractivity contribution in [1.82, 2.24) is 4.98 Å². The van der Waals surface area contributed by atoms with Crippen molar-refractivity contribution in [3.8, 4) is 5.88 Å². The highest BCUT2D eigenvalue weighted by atomic mass is 35.5. The molecule has 1 saturated heterocycles. The van der Waals surface area contributed by atoms with Crippen molar-refractivity contribution in [2.45, 2.75) is 25.4 Å². The van der Waals surface area contributed by atoms with Gasteiger partial charge < -0.3 is 14.4 Å². The van der Waals surface area contributed by atoms with Crippen molar-refractivity contribution in [3.63, 3.8) is 0 Å². The first-order valence-electron chi connectivity index (χ1n) is 8.52. The number of amides is 1. The summed E-state index contributed by atoms with van der Waals surface area (Å²) in [6.45, 7) is 2.05. The van der Waals surface area contributed by atoms with Gasteiger partial charge in [-0.05, 0) is 24.1 Å². The van der Waals surface area contributed by atoms with Crippen molar-refractivity contribution in [1.29, 1.82) is 0 Å². The summed E-state index contributed by atoms with van der Waals surface area (Å²) in [6.07, 6.45) is 4.12. The van der Waals surface area contributed by atoms with E-state index in [9.17, 15) is 4.79 Å². The van der Waals surface area contributed by atoms with Crippen LogP contribution in [0.15, 0.2) is 36.5 Å². The lowest BCUT2D eigenvalue weighted by Gasteiger charge is -2.23. The third-order valence-corrected chi connectivity index (χ3v) is 4.90. The largest absolute Gasteiger partial charge is 0.473 e. The van der Waals surface area contributed by atoms with Crippen LogP contribution in [0.25, 0.3) is 0 Å². The minimum atomic E-state index is -0.0861. The summed E-state index contributed by atoms with van der Waals surface area (Å²) in [5, 5.41) is 0.366. The number of hydrogen-bond donors (Lipinski definition) is 0. The van der Waals surface area contributed by atoms with Gasteiger partial charge in [-0.25, -0.2) is 4.98 Å². The number of para-hydroxylation sites is 1. The van der Waals surface area contributed by atoms with E-state index in [1.165, 1.54) is 5.56 Å². The zero-order chi connectivity index (χ0) is 17.2. The van der Waals surface area contributed by atoms with Gasteiger partial charge in [-0.15, -0.1) is 0 Å². The van der Waals surface area contributed by atoms with Crippen molar-refractivity contribution < 1.29 is 14.3 Å². The number of ether oxygens (including phenoxy) is 2. The van der Waals surface area contributed by atoms with Crippen molar-refractivity contribution in [2.75, 3.05) is 24.7 Å². The highest BCUT2D eigenvalue weighted by molar-refractivity contribution is 6.32. The zero-order valence-electron chi connectivity index (χ0n) is 13.8. The van der Waals surface area contributed by atoms with Crippen molar-refractivity contribution in [2.24, 2.45) is 0 Å².